The summed E-state index contributed by atoms with van der Waals surface area (Å²) in [6.07, 6.45) is 12.7. The molecule has 1 fully saturated rings. The van der Waals surface area contributed by atoms with E-state index in [9.17, 15) is 4.79 Å². The fraction of sp³-hybridized carbons (Fsp3) is 0.759. The van der Waals surface area contributed by atoms with E-state index in [0.717, 1.165) is 61.1 Å². The first-order valence-electron chi connectivity index (χ1n) is 13.9. The fourth-order valence-corrected chi connectivity index (χ4v) is 5.00. The second kappa shape index (κ2) is 16.0. The quantitative estimate of drug-likeness (QED) is 0.254. The van der Waals surface area contributed by atoms with E-state index in [1.54, 1.807) is 7.11 Å². The molecule has 0 heterocycles. The Morgan fingerprint density at radius 3 is 2.18 bits per heavy atom. The van der Waals surface area contributed by atoms with Crippen LogP contribution in [0.2, 0.25) is 0 Å². The number of rotatable bonds is 16. The molecule has 0 unspecified atom stereocenters. The molecule has 0 atom stereocenters. The van der Waals surface area contributed by atoms with E-state index >= 15 is 0 Å². The van der Waals surface area contributed by atoms with Crippen LogP contribution in [0.4, 0.5) is 5.69 Å². The Balaban J connectivity index is 2.15. The summed E-state index contributed by atoms with van der Waals surface area (Å²) in [5.74, 6) is 2.80. The zero-order valence-electron chi connectivity index (χ0n) is 22.6. The summed E-state index contributed by atoms with van der Waals surface area (Å²) < 4.78 is 12.3. The molecule has 0 saturated heterocycles. The maximum absolute atomic E-state index is 12.2. The van der Waals surface area contributed by atoms with Crippen LogP contribution >= 0.6 is 0 Å². The third kappa shape index (κ3) is 9.13. The lowest BCUT2D eigenvalue weighted by Gasteiger charge is -2.30. The van der Waals surface area contributed by atoms with Crippen LogP contribution in [0, 0.1) is 5.92 Å². The van der Waals surface area contributed by atoms with E-state index in [4.69, 9.17) is 9.47 Å². The molecule has 5 nitrogen and oxygen atoms in total. The van der Waals surface area contributed by atoms with Gasteiger partial charge in [0.1, 0.15) is 6.61 Å². The minimum absolute atomic E-state index is 0.0379. The summed E-state index contributed by atoms with van der Waals surface area (Å²) >= 11 is 0. The Morgan fingerprint density at radius 2 is 1.62 bits per heavy atom. The summed E-state index contributed by atoms with van der Waals surface area (Å²) in [5.41, 5.74) is 2.01. The monoisotopic (exact) mass is 474 g/mol. The van der Waals surface area contributed by atoms with Gasteiger partial charge in [-0.05, 0) is 62.7 Å². The fourth-order valence-electron chi connectivity index (χ4n) is 5.00. The van der Waals surface area contributed by atoms with Crippen molar-refractivity contribution in [2.75, 3.05) is 38.7 Å². The van der Waals surface area contributed by atoms with Gasteiger partial charge in [0.05, 0.1) is 7.11 Å². The second-order valence-electron chi connectivity index (χ2n) is 10.0. The number of amides is 1. The molecule has 1 N–H and O–H groups in total. The standard InChI is InChI=1S/C29H50N2O3/c1-6-9-11-19-31(20-12-10-7-2)21-22-34-26-18-17-25(30-27(32)8-3)28(29(26)33-5)24-15-13-23(4)14-16-24/h17-18,23-24H,6-16,19-22H2,1-5H3,(H,30,32). The molecule has 0 spiro atoms. The number of nitrogens with one attached hydrogen (secondary N) is 1. The minimum Gasteiger partial charge on any atom is -0.492 e. The molecule has 1 aliphatic rings. The van der Waals surface area contributed by atoms with Crippen molar-refractivity contribution in [2.45, 2.75) is 104 Å². The summed E-state index contributed by atoms with van der Waals surface area (Å²) in [6.45, 7) is 12.6. The van der Waals surface area contributed by atoms with E-state index < -0.39 is 0 Å². The first kappa shape index (κ1) is 28.5. The Hall–Kier alpha value is -1.75. The Morgan fingerprint density at radius 1 is 0.971 bits per heavy atom. The summed E-state index contributed by atoms with van der Waals surface area (Å²) in [7, 11) is 1.73. The molecule has 194 valence electrons. The number of hydrogen-bond acceptors (Lipinski definition) is 4. The van der Waals surface area contributed by atoms with Gasteiger partial charge in [0.25, 0.3) is 0 Å². The lowest BCUT2D eigenvalue weighted by atomic mass is 9.78. The maximum atomic E-state index is 12.2. The number of nitrogens with zero attached hydrogens (tertiary/aromatic N) is 1. The third-order valence-electron chi connectivity index (χ3n) is 7.20. The van der Waals surface area contributed by atoms with Gasteiger partial charge in [-0.3, -0.25) is 9.69 Å². The Bertz CT molecular complexity index is 704. The molecule has 0 radical (unpaired) electrons. The van der Waals surface area contributed by atoms with Gasteiger partial charge in [0.2, 0.25) is 5.91 Å². The van der Waals surface area contributed by atoms with Crippen LogP contribution in [0.25, 0.3) is 0 Å². The molecule has 1 aromatic rings. The van der Waals surface area contributed by atoms with Crippen LogP contribution in [0.1, 0.15) is 110 Å². The van der Waals surface area contributed by atoms with Gasteiger partial charge in [-0.25, -0.2) is 0 Å². The summed E-state index contributed by atoms with van der Waals surface area (Å²) in [6, 6.07) is 3.98. The molecule has 1 aromatic carbocycles. The molecule has 5 heteroatoms. The van der Waals surface area contributed by atoms with E-state index in [2.05, 4.69) is 31.0 Å². The zero-order chi connectivity index (χ0) is 24.8. The highest BCUT2D eigenvalue weighted by molar-refractivity contribution is 5.92. The molecule has 2 rings (SSSR count). The van der Waals surface area contributed by atoms with Gasteiger partial charge in [-0.2, -0.15) is 0 Å². The molecular weight excluding hydrogens is 424 g/mol. The van der Waals surface area contributed by atoms with E-state index in [0.29, 0.717) is 18.9 Å². The predicted molar refractivity (Wildman–Crippen MR) is 143 cm³/mol. The number of ether oxygens (including phenoxy) is 2. The molecule has 1 aliphatic carbocycles. The van der Waals surface area contributed by atoms with Gasteiger partial charge in [0, 0.05) is 24.2 Å². The van der Waals surface area contributed by atoms with Crippen molar-refractivity contribution in [2.24, 2.45) is 5.92 Å². The molecule has 0 aromatic heterocycles. The molecule has 1 saturated carbocycles. The number of anilines is 1. The largest absolute Gasteiger partial charge is 0.492 e. The van der Waals surface area contributed by atoms with Gasteiger partial charge < -0.3 is 14.8 Å². The van der Waals surface area contributed by atoms with Crippen molar-refractivity contribution in [3.8, 4) is 11.5 Å². The molecule has 34 heavy (non-hydrogen) atoms. The van der Waals surface area contributed by atoms with Crippen molar-refractivity contribution < 1.29 is 14.3 Å². The number of hydrogen-bond donors (Lipinski definition) is 1. The smallest absolute Gasteiger partial charge is 0.224 e. The van der Waals surface area contributed by atoms with Crippen LogP contribution in [-0.2, 0) is 4.79 Å². The number of methoxy groups -OCH3 is 1. The summed E-state index contributed by atoms with van der Waals surface area (Å²) in [4.78, 5) is 14.8. The van der Waals surface area contributed by atoms with Crippen molar-refractivity contribution in [1.29, 1.82) is 0 Å². The SMILES string of the molecule is CCCCCN(CCCCC)CCOc1ccc(NC(=O)CC)c(C2CCC(C)CC2)c1OC. The molecule has 0 aliphatic heterocycles. The normalized spacial score (nSPS) is 18.2. The predicted octanol–water partition coefficient (Wildman–Crippen LogP) is 7.40. The van der Waals surface area contributed by atoms with Gasteiger partial charge in [-0.15, -0.1) is 0 Å². The van der Waals surface area contributed by atoms with Gasteiger partial charge >= 0.3 is 0 Å². The highest BCUT2D eigenvalue weighted by atomic mass is 16.5. The molecule has 1 amide bonds. The van der Waals surface area contributed by atoms with Gasteiger partial charge in [-0.1, -0.05) is 66.2 Å². The van der Waals surface area contributed by atoms with Crippen LogP contribution in [-0.4, -0.2) is 44.2 Å². The zero-order valence-corrected chi connectivity index (χ0v) is 22.6. The Kier molecular flexibility index (Phi) is 13.4. The number of carbonyl (C=O) groups is 1. The van der Waals surface area contributed by atoms with Crippen LogP contribution in [0.15, 0.2) is 12.1 Å². The lowest BCUT2D eigenvalue weighted by molar-refractivity contribution is -0.115. The average Bonchev–Trinajstić information content (AvgIpc) is 2.84. The third-order valence-corrected chi connectivity index (χ3v) is 7.20. The minimum atomic E-state index is 0.0379. The molecular formula is C29H50N2O3. The number of unbranched alkanes of at least 4 members (excludes halogenated alkanes) is 4. The average molecular weight is 475 g/mol. The van der Waals surface area contributed by atoms with Crippen LogP contribution < -0.4 is 14.8 Å². The van der Waals surface area contributed by atoms with Crippen molar-refractivity contribution in [3.05, 3.63) is 17.7 Å². The van der Waals surface area contributed by atoms with Crippen LogP contribution in [0.5, 0.6) is 11.5 Å². The Labute approximate surface area is 209 Å². The van der Waals surface area contributed by atoms with E-state index in [1.165, 1.54) is 51.4 Å². The van der Waals surface area contributed by atoms with Gasteiger partial charge in [0.15, 0.2) is 11.5 Å². The number of carbonyl (C=O) groups excluding carboxylic acids is 1. The molecule has 0 bridgehead atoms. The topological polar surface area (TPSA) is 50.8 Å². The lowest BCUT2D eigenvalue weighted by Crippen LogP contribution is -2.30. The van der Waals surface area contributed by atoms with E-state index in [-0.39, 0.29) is 5.91 Å². The van der Waals surface area contributed by atoms with Crippen molar-refractivity contribution in [1.82, 2.24) is 4.90 Å². The van der Waals surface area contributed by atoms with Crippen LogP contribution in [0.3, 0.4) is 0 Å². The highest BCUT2D eigenvalue weighted by Crippen LogP contribution is 2.46. The first-order chi connectivity index (χ1) is 16.5. The van der Waals surface area contributed by atoms with Crippen molar-refractivity contribution >= 4 is 11.6 Å². The number of benzene rings is 1. The van der Waals surface area contributed by atoms with Crippen molar-refractivity contribution in [3.63, 3.8) is 0 Å². The highest BCUT2D eigenvalue weighted by Gasteiger charge is 2.27. The van der Waals surface area contributed by atoms with E-state index in [1.807, 2.05) is 19.1 Å². The summed E-state index contributed by atoms with van der Waals surface area (Å²) in [5, 5.41) is 3.12. The first-order valence-corrected chi connectivity index (χ1v) is 13.9. The maximum Gasteiger partial charge on any atom is 0.224 e. The second-order valence-corrected chi connectivity index (χ2v) is 10.0.